The van der Waals surface area contributed by atoms with Crippen LogP contribution < -0.4 is 11.1 Å². The number of nitrogens with zero attached hydrogens (tertiary/aromatic N) is 1. The van der Waals surface area contributed by atoms with Crippen molar-refractivity contribution in [3.63, 3.8) is 0 Å². The molecule has 1 rings (SSSR count). The molecule has 0 radical (unpaired) electrons. The van der Waals surface area contributed by atoms with Gasteiger partial charge in [-0.1, -0.05) is 13.3 Å². The number of carboxylic acids is 1. The number of carbonyl (C=O) groups excluding carboxylic acids is 2. The summed E-state index contributed by atoms with van der Waals surface area (Å²) in [7, 11) is 0. The molecule has 0 unspecified atom stereocenters. The first-order valence-corrected chi connectivity index (χ1v) is 6.44. The Labute approximate surface area is 112 Å². The minimum atomic E-state index is -0.868. The maximum Gasteiger partial charge on any atom is 0.318 e. The molecule has 7 nitrogen and oxygen atoms in total. The Kier molecular flexibility index (Phi) is 5.29. The SMILES string of the molecule is CCCC1(C(=O)O)CCN(CC(=O)NC(N)=O)CC1. The van der Waals surface area contributed by atoms with E-state index < -0.39 is 23.3 Å². The number of hydrogen-bond donors (Lipinski definition) is 3. The molecule has 108 valence electrons. The van der Waals surface area contributed by atoms with Crippen molar-refractivity contribution < 1.29 is 19.5 Å². The summed E-state index contributed by atoms with van der Waals surface area (Å²) >= 11 is 0. The van der Waals surface area contributed by atoms with Gasteiger partial charge in [-0.15, -0.1) is 0 Å². The zero-order valence-electron chi connectivity index (χ0n) is 11.1. The number of aliphatic carboxylic acids is 1. The molecule has 0 aromatic rings. The Morgan fingerprint density at radius 1 is 1.32 bits per heavy atom. The summed E-state index contributed by atoms with van der Waals surface area (Å²) in [4.78, 5) is 35.1. The zero-order valence-corrected chi connectivity index (χ0v) is 11.1. The maximum atomic E-state index is 11.4. The molecule has 0 aromatic carbocycles. The second kappa shape index (κ2) is 6.51. The molecule has 1 heterocycles. The molecule has 0 bridgehead atoms. The molecule has 0 saturated carbocycles. The van der Waals surface area contributed by atoms with Gasteiger partial charge < -0.3 is 10.8 Å². The standard InChI is InChI=1S/C12H21N3O4/c1-2-3-12(10(17)18)4-6-15(7-5-12)8-9(16)14-11(13)19/h2-8H2,1H3,(H,17,18)(H3,13,14,16,19). The van der Waals surface area contributed by atoms with Gasteiger partial charge in [0.15, 0.2) is 0 Å². The quantitative estimate of drug-likeness (QED) is 0.658. The Balaban J connectivity index is 2.49. The summed E-state index contributed by atoms with van der Waals surface area (Å²) in [5.41, 5.74) is 4.19. The lowest BCUT2D eigenvalue weighted by atomic mass is 9.75. The van der Waals surface area contributed by atoms with Gasteiger partial charge in [-0.05, 0) is 32.4 Å². The van der Waals surface area contributed by atoms with Crippen LogP contribution in [0.4, 0.5) is 4.79 Å². The first-order chi connectivity index (χ1) is 8.89. The van der Waals surface area contributed by atoms with Crippen LogP contribution in [0.15, 0.2) is 0 Å². The van der Waals surface area contributed by atoms with Gasteiger partial charge in [-0.2, -0.15) is 0 Å². The second-order valence-corrected chi connectivity index (χ2v) is 5.02. The Morgan fingerprint density at radius 2 is 1.89 bits per heavy atom. The van der Waals surface area contributed by atoms with Crippen LogP contribution in [-0.4, -0.2) is 47.5 Å². The van der Waals surface area contributed by atoms with Gasteiger partial charge >= 0.3 is 12.0 Å². The third kappa shape index (κ3) is 4.20. The molecule has 3 amide bonds. The number of likely N-dealkylation sites (tertiary alicyclic amines) is 1. The van der Waals surface area contributed by atoms with Crippen molar-refractivity contribution in [2.75, 3.05) is 19.6 Å². The molecule has 19 heavy (non-hydrogen) atoms. The average Bonchev–Trinajstić information content (AvgIpc) is 2.30. The van der Waals surface area contributed by atoms with Gasteiger partial charge in [0, 0.05) is 0 Å². The Hall–Kier alpha value is -1.63. The van der Waals surface area contributed by atoms with Gasteiger partial charge in [0.2, 0.25) is 5.91 Å². The topological polar surface area (TPSA) is 113 Å². The van der Waals surface area contributed by atoms with Crippen LogP contribution in [0.5, 0.6) is 0 Å². The molecule has 0 spiro atoms. The summed E-state index contributed by atoms with van der Waals surface area (Å²) in [6.45, 7) is 3.12. The summed E-state index contributed by atoms with van der Waals surface area (Å²) < 4.78 is 0. The van der Waals surface area contributed by atoms with E-state index in [0.717, 1.165) is 6.42 Å². The van der Waals surface area contributed by atoms with Crippen LogP contribution in [0.1, 0.15) is 32.6 Å². The van der Waals surface area contributed by atoms with Crippen LogP contribution >= 0.6 is 0 Å². The maximum absolute atomic E-state index is 11.4. The third-order valence-electron chi connectivity index (χ3n) is 3.63. The summed E-state index contributed by atoms with van der Waals surface area (Å²) in [5, 5.41) is 11.3. The minimum Gasteiger partial charge on any atom is -0.481 e. The van der Waals surface area contributed by atoms with Gasteiger partial charge in [0.25, 0.3) is 0 Å². The van der Waals surface area contributed by atoms with Gasteiger partial charge in [-0.3, -0.25) is 19.8 Å². The van der Waals surface area contributed by atoms with Crippen molar-refractivity contribution in [2.24, 2.45) is 11.1 Å². The number of nitrogens with two attached hydrogens (primary N) is 1. The molecular weight excluding hydrogens is 250 g/mol. The highest BCUT2D eigenvalue weighted by Crippen LogP contribution is 2.36. The van der Waals surface area contributed by atoms with Crippen molar-refractivity contribution in [2.45, 2.75) is 32.6 Å². The highest BCUT2D eigenvalue weighted by Gasteiger charge is 2.40. The lowest BCUT2D eigenvalue weighted by Crippen LogP contribution is -2.48. The smallest absolute Gasteiger partial charge is 0.318 e. The van der Waals surface area contributed by atoms with E-state index in [1.165, 1.54) is 0 Å². The molecule has 1 aliphatic rings. The highest BCUT2D eigenvalue weighted by molar-refractivity contribution is 5.94. The first kappa shape index (κ1) is 15.4. The lowest BCUT2D eigenvalue weighted by Gasteiger charge is -2.38. The third-order valence-corrected chi connectivity index (χ3v) is 3.63. The van der Waals surface area contributed by atoms with Gasteiger partial charge in [0.1, 0.15) is 0 Å². The van der Waals surface area contributed by atoms with Crippen LogP contribution in [0.2, 0.25) is 0 Å². The zero-order chi connectivity index (χ0) is 14.5. The highest BCUT2D eigenvalue weighted by atomic mass is 16.4. The number of carboxylic acid groups (broad SMARTS) is 1. The second-order valence-electron chi connectivity index (χ2n) is 5.02. The number of primary amides is 1. The Morgan fingerprint density at radius 3 is 2.32 bits per heavy atom. The number of carbonyl (C=O) groups is 3. The van der Waals surface area contributed by atoms with Crippen molar-refractivity contribution >= 4 is 17.9 Å². The fraction of sp³-hybridized carbons (Fsp3) is 0.750. The number of imide groups is 1. The van der Waals surface area contributed by atoms with E-state index >= 15 is 0 Å². The van der Waals surface area contributed by atoms with Crippen LogP contribution in [0.3, 0.4) is 0 Å². The number of urea groups is 1. The molecule has 1 aliphatic heterocycles. The largest absolute Gasteiger partial charge is 0.481 e. The number of nitrogens with one attached hydrogen (secondary N) is 1. The fourth-order valence-electron chi connectivity index (χ4n) is 2.57. The van der Waals surface area contributed by atoms with Gasteiger partial charge in [-0.25, -0.2) is 4.79 Å². The van der Waals surface area contributed by atoms with E-state index in [4.69, 9.17) is 5.73 Å². The lowest BCUT2D eigenvalue weighted by molar-refractivity contribution is -0.152. The van der Waals surface area contributed by atoms with Crippen LogP contribution in [-0.2, 0) is 9.59 Å². The van der Waals surface area contributed by atoms with E-state index in [1.54, 1.807) is 0 Å². The van der Waals surface area contributed by atoms with E-state index in [1.807, 2.05) is 17.1 Å². The molecule has 1 fully saturated rings. The molecule has 7 heteroatoms. The molecule has 0 aromatic heterocycles. The number of amides is 3. The summed E-state index contributed by atoms with van der Waals surface area (Å²) in [6.07, 6.45) is 2.54. The van der Waals surface area contributed by atoms with Crippen molar-refractivity contribution in [3.05, 3.63) is 0 Å². The fourth-order valence-corrected chi connectivity index (χ4v) is 2.57. The van der Waals surface area contributed by atoms with E-state index in [9.17, 15) is 19.5 Å². The molecule has 4 N–H and O–H groups in total. The molecule has 1 saturated heterocycles. The number of piperidine rings is 1. The summed E-state index contributed by atoms with van der Waals surface area (Å²) in [6, 6.07) is -0.868. The summed E-state index contributed by atoms with van der Waals surface area (Å²) in [5.74, 6) is -1.21. The van der Waals surface area contributed by atoms with Crippen molar-refractivity contribution in [1.29, 1.82) is 0 Å². The molecule has 0 atom stereocenters. The van der Waals surface area contributed by atoms with Crippen molar-refractivity contribution in [1.82, 2.24) is 10.2 Å². The van der Waals surface area contributed by atoms with Crippen LogP contribution in [0, 0.1) is 5.41 Å². The Bertz CT molecular complexity index is 362. The predicted octanol–water partition coefficient (Wildman–Crippen LogP) is 0.148. The number of rotatable bonds is 5. The molecular formula is C12H21N3O4. The van der Waals surface area contributed by atoms with E-state index in [2.05, 4.69) is 0 Å². The van der Waals surface area contributed by atoms with E-state index in [-0.39, 0.29) is 6.54 Å². The predicted molar refractivity (Wildman–Crippen MR) is 68.4 cm³/mol. The number of hydrogen-bond acceptors (Lipinski definition) is 4. The van der Waals surface area contributed by atoms with E-state index in [0.29, 0.717) is 32.4 Å². The normalized spacial score (nSPS) is 18.8. The minimum absolute atomic E-state index is 0.0742. The molecule has 0 aliphatic carbocycles. The first-order valence-electron chi connectivity index (χ1n) is 6.44. The van der Waals surface area contributed by atoms with Crippen molar-refractivity contribution in [3.8, 4) is 0 Å². The average molecular weight is 271 g/mol. The van der Waals surface area contributed by atoms with Gasteiger partial charge in [0.05, 0.1) is 12.0 Å². The monoisotopic (exact) mass is 271 g/mol. The van der Waals surface area contributed by atoms with Crippen LogP contribution in [0.25, 0.3) is 0 Å².